The summed E-state index contributed by atoms with van der Waals surface area (Å²) in [6.07, 6.45) is 6.63. The molecule has 0 radical (unpaired) electrons. The molecule has 0 unspecified atom stereocenters. The van der Waals surface area contributed by atoms with E-state index in [0.29, 0.717) is 40.5 Å². The van der Waals surface area contributed by atoms with E-state index in [1.165, 1.54) is 0 Å². The molecule has 0 aromatic heterocycles. The first kappa shape index (κ1) is 30.5. The van der Waals surface area contributed by atoms with Crippen LogP contribution in [0.25, 0.3) is 0 Å². The van der Waals surface area contributed by atoms with Crippen molar-refractivity contribution in [2.45, 2.75) is 63.3 Å². The summed E-state index contributed by atoms with van der Waals surface area (Å²) in [5.41, 5.74) is 0.275. The maximum absolute atomic E-state index is 14.3. The van der Waals surface area contributed by atoms with Crippen LogP contribution in [0.15, 0.2) is 54.6 Å². The van der Waals surface area contributed by atoms with Gasteiger partial charge in [0.05, 0.1) is 32.2 Å². The molecule has 2 N–H and O–H groups in total. The molecule has 234 valence electrons. The summed E-state index contributed by atoms with van der Waals surface area (Å²) >= 11 is 6.03. The van der Waals surface area contributed by atoms with Crippen LogP contribution in [0.3, 0.4) is 0 Å². The number of hydrogen-bond acceptors (Lipinski definition) is 6. The molecule has 3 heterocycles. The Labute approximate surface area is 263 Å². The minimum absolute atomic E-state index is 0.0103. The van der Waals surface area contributed by atoms with Gasteiger partial charge in [0.15, 0.2) is 11.5 Å². The van der Waals surface area contributed by atoms with Crippen molar-refractivity contribution in [1.29, 1.82) is 0 Å². The number of rotatable bonds is 9. The molecule has 1 saturated carbocycles. The number of hydrogen-bond donors (Lipinski definition) is 2. The van der Waals surface area contributed by atoms with Gasteiger partial charge in [-0.1, -0.05) is 56.5 Å². The van der Waals surface area contributed by atoms with Gasteiger partial charge in [-0.3, -0.25) is 14.4 Å². The molecule has 2 saturated heterocycles. The number of halogens is 1. The Morgan fingerprint density at radius 1 is 1.05 bits per heavy atom. The highest BCUT2D eigenvalue weighted by molar-refractivity contribution is 6.30. The van der Waals surface area contributed by atoms with E-state index in [1.54, 1.807) is 43.4 Å². The van der Waals surface area contributed by atoms with E-state index in [-0.39, 0.29) is 30.3 Å². The lowest BCUT2D eigenvalue weighted by Gasteiger charge is -2.38. The van der Waals surface area contributed by atoms with Gasteiger partial charge in [-0.05, 0) is 66.6 Å². The van der Waals surface area contributed by atoms with Gasteiger partial charge in [0.25, 0.3) is 0 Å². The first-order valence-corrected chi connectivity index (χ1v) is 15.8. The van der Waals surface area contributed by atoms with Crippen LogP contribution >= 0.6 is 11.6 Å². The van der Waals surface area contributed by atoms with Crippen LogP contribution < -0.4 is 20.1 Å². The van der Waals surface area contributed by atoms with Crippen molar-refractivity contribution < 1.29 is 28.6 Å². The maximum atomic E-state index is 14.3. The van der Waals surface area contributed by atoms with E-state index < -0.39 is 29.6 Å². The van der Waals surface area contributed by atoms with Crippen LogP contribution in [0.5, 0.6) is 11.5 Å². The fraction of sp³-hybridized carbons (Fsp3) is 0.500. The van der Waals surface area contributed by atoms with E-state index in [4.69, 9.17) is 25.8 Å². The topological polar surface area (TPSA) is 106 Å². The standard InChI is InChI=1S/C34H40ClN3O6/c1-19-6-5-7-24(20(19)2)37-32(40)30-34-16-14-26(44-34)28(31(39)36-23-11-9-22(35)10-12-23)29(34)33(41)38(30)17-15-21-8-13-25(42-3)27(18-21)43-4/h8-14,16,18-20,24,26,28-30H,5-7,15,17H2,1-4H3,(H,36,39)(H,37,40)/t19-,20-,24+,26+,28+,29+,30-,34-/m0/s1. The average Bonchev–Trinajstić information content (AvgIpc) is 3.66. The van der Waals surface area contributed by atoms with E-state index in [0.717, 1.165) is 24.8 Å². The molecule has 3 aliphatic heterocycles. The molecule has 9 nitrogen and oxygen atoms in total. The van der Waals surface area contributed by atoms with Crippen LogP contribution in [0.1, 0.15) is 38.7 Å². The van der Waals surface area contributed by atoms with Gasteiger partial charge in [-0.25, -0.2) is 0 Å². The first-order chi connectivity index (χ1) is 21.2. The zero-order valence-electron chi connectivity index (χ0n) is 25.5. The Kier molecular flexibility index (Phi) is 8.37. The Hall–Kier alpha value is -3.56. The van der Waals surface area contributed by atoms with Crippen LogP contribution in [0, 0.1) is 23.7 Å². The fourth-order valence-electron chi connectivity index (χ4n) is 7.60. The minimum Gasteiger partial charge on any atom is -0.493 e. The molecular formula is C34H40ClN3O6. The first-order valence-electron chi connectivity index (χ1n) is 15.4. The van der Waals surface area contributed by atoms with Crippen molar-refractivity contribution in [2.75, 3.05) is 26.1 Å². The van der Waals surface area contributed by atoms with Gasteiger partial charge >= 0.3 is 0 Å². The highest BCUT2D eigenvalue weighted by atomic mass is 35.5. The summed E-state index contributed by atoms with van der Waals surface area (Å²) in [7, 11) is 3.16. The van der Waals surface area contributed by atoms with Crippen LogP contribution in [-0.4, -0.2) is 67.2 Å². The van der Waals surface area contributed by atoms with Crippen molar-refractivity contribution in [3.8, 4) is 11.5 Å². The lowest BCUT2D eigenvalue weighted by atomic mass is 9.73. The zero-order valence-corrected chi connectivity index (χ0v) is 26.3. The molecule has 3 amide bonds. The smallest absolute Gasteiger partial charge is 0.246 e. The second-order valence-corrected chi connectivity index (χ2v) is 13.0. The number of carbonyl (C=O) groups is 3. The third-order valence-electron chi connectivity index (χ3n) is 10.2. The monoisotopic (exact) mass is 621 g/mol. The second-order valence-electron chi connectivity index (χ2n) is 12.6. The van der Waals surface area contributed by atoms with Crippen LogP contribution in [-0.2, 0) is 25.5 Å². The van der Waals surface area contributed by atoms with Gasteiger partial charge in [-0.2, -0.15) is 0 Å². The molecule has 2 aromatic carbocycles. The zero-order chi connectivity index (χ0) is 31.2. The number of likely N-dealkylation sites (tertiary alicyclic amines) is 1. The molecule has 2 bridgehead atoms. The summed E-state index contributed by atoms with van der Waals surface area (Å²) in [6, 6.07) is 11.6. The number of carbonyl (C=O) groups excluding carboxylic acids is 3. The number of ether oxygens (including phenoxy) is 3. The summed E-state index contributed by atoms with van der Waals surface area (Å²) in [5.74, 6) is -0.406. The highest BCUT2D eigenvalue weighted by Crippen LogP contribution is 2.55. The summed E-state index contributed by atoms with van der Waals surface area (Å²) in [5, 5.41) is 6.80. The lowest BCUT2D eigenvalue weighted by Crippen LogP contribution is -2.58. The Balaban J connectivity index is 1.30. The molecule has 2 aromatic rings. The fourth-order valence-corrected chi connectivity index (χ4v) is 7.73. The predicted molar refractivity (Wildman–Crippen MR) is 167 cm³/mol. The van der Waals surface area contributed by atoms with Gasteiger partial charge in [0.1, 0.15) is 11.6 Å². The van der Waals surface area contributed by atoms with Crippen molar-refractivity contribution in [3.63, 3.8) is 0 Å². The number of methoxy groups -OCH3 is 2. The number of fused-ring (bicyclic) bond motifs is 1. The third-order valence-corrected chi connectivity index (χ3v) is 10.4. The Bertz CT molecular complexity index is 1460. The van der Waals surface area contributed by atoms with Crippen LogP contribution in [0.4, 0.5) is 5.69 Å². The number of anilines is 1. The van der Waals surface area contributed by atoms with Crippen molar-refractivity contribution in [3.05, 3.63) is 65.2 Å². The lowest BCUT2D eigenvalue weighted by molar-refractivity contribution is -0.141. The normalized spacial score (nSPS) is 32.0. The molecule has 3 fully saturated rings. The van der Waals surface area contributed by atoms with Gasteiger partial charge in [0, 0.05) is 23.3 Å². The Morgan fingerprint density at radius 2 is 1.80 bits per heavy atom. The average molecular weight is 622 g/mol. The van der Waals surface area contributed by atoms with Crippen molar-refractivity contribution >= 4 is 35.0 Å². The van der Waals surface area contributed by atoms with E-state index in [2.05, 4.69) is 24.5 Å². The second kappa shape index (κ2) is 12.1. The van der Waals surface area contributed by atoms with E-state index >= 15 is 0 Å². The Morgan fingerprint density at radius 3 is 2.52 bits per heavy atom. The molecule has 44 heavy (non-hydrogen) atoms. The van der Waals surface area contributed by atoms with Crippen LogP contribution in [0.2, 0.25) is 5.02 Å². The molecule has 4 aliphatic rings. The number of benzene rings is 2. The van der Waals surface area contributed by atoms with E-state index in [9.17, 15) is 14.4 Å². The van der Waals surface area contributed by atoms with Crippen molar-refractivity contribution in [1.82, 2.24) is 10.2 Å². The summed E-state index contributed by atoms with van der Waals surface area (Å²) < 4.78 is 17.4. The summed E-state index contributed by atoms with van der Waals surface area (Å²) in [4.78, 5) is 44.0. The molecule has 6 rings (SSSR count). The number of amides is 3. The van der Waals surface area contributed by atoms with Gasteiger partial charge in [-0.15, -0.1) is 0 Å². The largest absolute Gasteiger partial charge is 0.493 e. The van der Waals surface area contributed by atoms with Gasteiger partial charge < -0.3 is 29.7 Å². The number of nitrogens with zero attached hydrogens (tertiary/aromatic N) is 1. The predicted octanol–water partition coefficient (Wildman–Crippen LogP) is 4.63. The molecular weight excluding hydrogens is 582 g/mol. The third kappa shape index (κ3) is 5.24. The van der Waals surface area contributed by atoms with Crippen molar-refractivity contribution in [2.24, 2.45) is 23.7 Å². The molecule has 1 aliphatic carbocycles. The maximum Gasteiger partial charge on any atom is 0.246 e. The van der Waals surface area contributed by atoms with E-state index in [1.807, 2.05) is 30.4 Å². The highest BCUT2D eigenvalue weighted by Gasteiger charge is 2.72. The van der Waals surface area contributed by atoms with Gasteiger partial charge in [0.2, 0.25) is 17.7 Å². The molecule has 1 spiro atoms. The minimum atomic E-state index is -1.23. The number of nitrogens with one attached hydrogen (secondary N) is 2. The SMILES string of the molecule is COc1ccc(CCN2C(=O)[C@H]3[C@H](C(=O)Nc4ccc(Cl)cc4)[C@H]4C=C[C@@]3(O4)[C@@H]2C(=O)N[C@@H]2CCC[C@H](C)[C@@H]2C)cc1OC. The quantitative estimate of drug-likeness (QED) is 0.396. The molecule has 10 heteroatoms. The summed E-state index contributed by atoms with van der Waals surface area (Å²) in [6.45, 7) is 4.67. The molecule has 8 atom stereocenters.